The molecule has 23 heavy (non-hydrogen) atoms. The van der Waals surface area contributed by atoms with Gasteiger partial charge in [0.2, 0.25) is 0 Å². The van der Waals surface area contributed by atoms with Gasteiger partial charge in [0.1, 0.15) is 5.75 Å². The first-order chi connectivity index (χ1) is 11.0. The molecule has 0 saturated heterocycles. The average molecular weight is 316 g/mol. The largest absolute Gasteiger partial charge is 0.426 e. The van der Waals surface area contributed by atoms with Crippen LogP contribution in [-0.2, 0) is 17.6 Å². The van der Waals surface area contributed by atoms with Gasteiger partial charge in [0.25, 0.3) is 0 Å². The minimum absolute atomic E-state index is 0.0706. The predicted molar refractivity (Wildman–Crippen MR) is 95.9 cm³/mol. The second kappa shape index (κ2) is 8.52. The Bertz CT molecular complexity index is 517. The van der Waals surface area contributed by atoms with E-state index in [0.717, 1.165) is 37.9 Å². The van der Waals surface area contributed by atoms with E-state index in [1.807, 2.05) is 12.1 Å². The molecule has 0 N–H and O–H groups in total. The lowest BCUT2D eigenvalue weighted by Crippen LogP contribution is -2.23. The second-order valence-corrected chi connectivity index (χ2v) is 7.73. The van der Waals surface area contributed by atoms with Crippen molar-refractivity contribution in [2.24, 2.45) is 5.41 Å². The van der Waals surface area contributed by atoms with Crippen molar-refractivity contribution < 1.29 is 9.53 Å². The molecule has 0 saturated carbocycles. The van der Waals surface area contributed by atoms with E-state index >= 15 is 0 Å². The molecule has 0 aliphatic heterocycles. The first kappa shape index (κ1) is 18.0. The van der Waals surface area contributed by atoms with Gasteiger partial charge in [0, 0.05) is 6.42 Å². The van der Waals surface area contributed by atoms with Gasteiger partial charge in [-0.3, -0.25) is 4.79 Å². The van der Waals surface area contributed by atoms with Crippen molar-refractivity contribution in [2.75, 3.05) is 0 Å². The number of hydrogen-bond donors (Lipinski definition) is 0. The van der Waals surface area contributed by atoms with E-state index in [2.05, 4.69) is 26.8 Å². The summed E-state index contributed by atoms with van der Waals surface area (Å²) in [6.07, 6.45) is 11.0. The normalized spacial score (nSPS) is 16.0. The SMILES string of the molecule is CCCCCCCCC(=O)Oc1cccc2c1CCC(C)(C)C2. The third kappa shape index (κ3) is 5.67. The molecule has 2 heteroatoms. The Labute approximate surface area is 141 Å². The van der Waals surface area contributed by atoms with Crippen LogP contribution in [0.25, 0.3) is 0 Å². The molecule has 0 heterocycles. The molecule has 0 amide bonds. The Kier molecular flexibility index (Phi) is 6.68. The molecular weight excluding hydrogens is 284 g/mol. The molecule has 0 unspecified atom stereocenters. The van der Waals surface area contributed by atoms with Gasteiger partial charge in [-0.15, -0.1) is 0 Å². The zero-order chi connectivity index (χ0) is 16.7. The molecule has 2 rings (SSSR count). The van der Waals surface area contributed by atoms with E-state index in [-0.39, 0.29) is 5.97 Å². The van der Waals surface area contributed by atoms with Crippen LogP contribution in [0, 0.1) is 5.41 Å². The number of fused-ring (bicyclic) bond motifs is 1. The summed E-state index contributed by atoms with van der Waals surface area (Å²) in [4.78, 5) is 12.1. The molecule has 1 aromatic rings. The highest BCUT2D eigenvalue weighted by Crippen LogP contribution is 2.38. The predicted octanol–water partition coefficient (Wildman–Crippen LogP) is 5.86. The molecule has 1 aromatic carbocycles. The van der Waals surface area contributed by atoms with E-state index in [4.69, 9.17) is 4.74 Å². The summed E-state index contributed by atoms with van der Waals surface area (Å²) in [5.41, 5.74) is 2.96. The average Bonchev–Trinajstić information content (AvgIpc) is 2.49. The van der Waals surface area contributed by atoms with E-state index in [1.54, 1.807) is 0 Å². The molecule has 0 radical (unpaired) electrons. The van der Waals surface area contributed by atoms with Gasteiger partial charge >= 0.3 is 5.97 Å². The summed E-state index contributed by atoms with van der Waals surface area (Å²) in [5, 5.41) is 0. The van der Waals surface area contributed by atoms with Crippen molar-refractivity contribution in [3.05, 3.63) is 29.3 Å². The summed E-state index contributed by atoms with van der Waals surface area (Å²) in [6, 6.07) is 6.16. The fourth-order valence-electron chi connectivity index (χ4n) is 3.45. The van der Waals surface area contributed by atoms with Crippen molar-refractivity contribution in [1.82, 2.24) is 0 Å². The monoisotopic (exact) mass is 316 g/mol. The van der Waals surface area contributed by atoms with Gasteiger partial charge < -0.3 is 4.74 Å². The third-order valence-corrected chi connectivity index (χ3v) is 4.91. The van der Waals surface area contributed by atoms with E-state index in [1.165, 1.54) is 36.8 Å². The van der Waals surface area contributed by atoms with Crippen LogP contribution in [0.4, 0.5) is 0 Å². The molecule has 0 spiro atoms. The van der Waals surface area contributed by atoms with Crippen molar-refractivity contribution in [3.8, 4) is 5.75 Å². The summed E-state index contributed by atoms with van der Waals surface area (Å²) in [6.45, 7) is 6.85. The zero-order valence-corrected chi connectivity index (χ0v) is 15.1. The fourth-order valence-corrected chi connectivity index (χ4v) is 3.45. The number of hydrogen-bond acceptors (Lipinski definition) is 2. The minimum Gasteiger partial charge on any atom is -0.426 e. The van der Waals surface area contributed by atoms with Crippen LogP contribution >= 0.6 is 0 Å². The maximum Gasteiger partial charge on any atom is 0.311 e. The lowest BCUT2D eigenvalue weighted by molar-refractivity contribution is -0.134. The van der Waals surface area contributed by atoms with Gasteiger partial charge in [-0.05, 0) is 48.3 Å². The van der Waals surface area contributed by atoms with Gasteiger partial charge in [0.05, 0.1) is 0 Å². The topological polar surface area (TPSA) is 26.3 Å². The van der Waals surface area contributed by atoms with Crippen LogP contribution in [0.15, 0.2) is 18.2 Å². The van der Waals surface area contributed by atoms with Crippen molar-refractivity contribution in [1.29, 1.82) is 0 Å². The summed E-state index contributed by atoms with van der Waals surface area (Å²) in [5.74, 6) is 0.729. The Morgan fingerprint density at radius 2 is 1.87 bits per heavy atom. The van der Waals surface area contributed by atoms with Gasteiger partial charge in [-0.25, -0.2) is 0 Å². The van der Waals surface area contributed by atoms with Gasteiger partial charge in [-0.2, -0.15) is 0 Å². The van der Waals surface area contributed by atoms with Crippen molar-refractivity contribution in [2.45, 2.75) is 85.0 Å². The van der Waals surface area contributed by atoms with E-state index in [0.29, 0.717) is 11.8 Å². The first-order valence-corrected chi connectivity index (χ1v) is 9.33. The molecule has 0 aromatic heterocycles. The number of carbonyl (C=O) groups excluding carboxylic acids is 1. The number of carbonyl (C=O) groups is 1. The molecule has 0 atom stereocenters. The molecule has 2 nitrogen and oxygen atoms in total. The van der Waals surface area contributed by atoms with Gasteiger partial charge in [0.15, 0.2) is 0 Å². The van der Waals surface area contributed by atoms with Crippen LogP contribution in [0.5, 0.6) is 5.75 Å². The third-order valence-electron chi connectivity index (χ3n) is 4.91. The van der Waals surface area contributed by atoms with Crippen LogP contribution in [0.1, 0.15) is 83.3 Å². The standard InChI is InChI=1S/C21H32O2/c1-4-5-6-7-8-9-13-20(22)23-19-12-10-11-17-16-21(2,3)15-14-18(17)19/h10-12H,4-9,13-16H2,1-3H3. The Hall–Kier alpha value is -1.31. The minimum atomic E-state index is -0.0706. The Morgan fingerprint density at radius 1 is 1.13 bits per heavy atom. The molecule has 1 aliphatic rings. The number of rotatable bonds is 8. The Morgan fingerprint density at radius 3 is 2.65 bits per heavy atom. The smallest absolute Gasteiger partial charge is 0.311 e. The van der Waals surface area contributed by atoms with Gasteiger partial charge in [-0.1, -0.05) is 65.0 Å². The summed E-state index contributed by atoms with van der Waals surface area (Å²) < 4.78 is 5.67. The van der Waals surface area contributed by atoms with Crippen LogP contribution in [0.3, 0.4) is 0 Å². The van der Waals surface area contributed by atoms with Crippen LogP contribution in [-0.4, -0.2) is 5.97 Å². The van der Waals surface area contributed by atoms with E-state index in [9.17, 15) is 4.79 Å². The molecule has 1 aliphatic carbocycles. The molecular formula is C21H32O2. The lowest BCUT2D eigenvalue weighted by Gasteiger charge is -2.32. The van der Waals surface area contributed by atoms with Crippen LogP contribution < -0.4 is 4.74 Å². The number of ether oxygens (including phenoxy) is 1. The number of benzene rings is 1. The molecule has 0 bridgehead atoms. The maximum atomic E-state index is 12.1. The second-order valence-electron chi connectivity index (χ2n) is 7.73. The quantitative estimate of drug-likeness (QED) is 0.341. The van der Waals surface area contributed by atoms with Crippen LogP contribution in [0.2, 0.25) is 0 Å². The summed E-state index contributed by atoms with van der Waals surface area (Å²) in [7, 11) is 0. The highest BCUT2D eigenvalue weighted by molar-refractivity contribution is 5.73. The summed E-state index contributed by atoms with van der Waals surface area (Å²) >= 11 is 0. The first-order valence-electron chi connectivity index (χ1n) is 9.33. The van der Waals surface area contributed by atoms with Crippen molar-refractivity contribution >= 4 is 5.97 Å². The molecule has 0 fully saturated rings. The van der Waals surface area contributed by atoms with E-state index < -0.39 is 0 Å². The van der Waals surface area contributed by atoms with Crippen molar-refractivity contribution in [3.63, 3.8) is 0 Å². The maximum absolute atomic E-state index is 12.1. The lowest BCUT2D eigenvalue weighted by atomic mass is 9.74. The molecule has 128 valence electrons. The highest BCUT2D eigenvalue weighted by Gasteiger charge is 2.27. The zero-order valence-electron chi connectivity index (χ0n) is 15.1. The number of unbranched alkanes of at least 4 members (excludes halogenated alkanes) is 5. The highest BCUT2D eigenvalue weighted by atomic mass is 16.5. The number of esters is 1. The Balaban J connectivity index is 1.83. The fraction of sp³-hybridized carbons (Fsp3) is 0.667.